The van der Waals surface area contributed by atoms with Crippen molar-refractivity contribution in [3.63, 3.8) is 0 Å². The number of methoxy groups -OCH3 is 1. The van der Waals surface area contributed by atoms with E-state index in [4.69, 9.17) is 4.74 Å². The molecule has 5 aliphatic carbocycles. The Balaban J connectivity index is 1.20. The molecule has 0 bridgehead atoms. The van der Waals surface area contributed by atoms with Gasteiger partial charge in [0.15, 0.2) is 0 Å². The summed E-state index contributed by atoms with van der Waals surface area (Å²) in [6.07, 6.45) is 13.8. The number of hydrogen-bond donors (Lipinski definition) is 1. The number of aromatic nitrogens is 1. The average molecular weight is 699 g/mol. The molecule has 0 aliphatic heterocycles. The minimum Gasteiger partial charge on any atom is -0.465 e. The first kappa shape index (κ1) is 35.6. The Hall–Kier alpha value is -2.77. The normalized spacial score (nSPS) is 38.9. The van der Waals surface area contributed by atoms with E-state index in [1.807, 2.05) is 30.3 Å². The number of ether oxygens (including phenoxy) is 1. The number of pyridine rings is 1. The van der Waals surface area contributed by atoms with Gasteiger partial charge in [0.05, 0.1) is 18.4 Å². The predicted molar refractivity (Wildman–Crippen MR) is 200 cm³/mol. The van der Waals surface area contributed by atoms with Gasteiger partial charge in [-0.1, -0.05) is 71.0 Å². The van der Waals surface area contributed by atoms with E-state index in [0.717, 1.165) is 38.5 Å². The molecule has 1 aromatic heterocycles. The van der Waals surface area contributed by atoms with Crippen LogP contribution in [0, 0.1) is 51.2 Å². The zero-order valence-corrected chi connectivity index (χ0v) is 32.2. The number of hydrogen-bond acceptors (Lipinski definition) is 5. The highest BCUT2D eigenvalue weighted by molar-refractivity contribution is 7.88. The molecule has 7 rings (SSSR count). The van der Waals surface area contributed by atoms with E-state index in [2.05, 4.69) is 76.0 Å². The fourth-order valence-electron chi connectivity index (χ4n) is 13.4. The molecule has 1 N–H and O–H groups in total. The fourth-order valence-corrected chi connectivity index (χ4v) is 14.9. The zero-order chi connectivity index (χ0) is 35.9. The molecular weight excluding hydrogens is 641 g/mol. The SMILES string of the molecule is C=C(C)[C@@H]1CCC2(NS(=O)(=O)Cc3ccccn3)CC[C@]3(C)[C@H](CC[C@@H]4[C@@]5(C)CC=C(c6ccc(C(=O)OC)cc6)C(C)(C)[C@@H]5CC[C@]43C)[C@@H]12. The lowest BCUT2D eigenvalue weighted by molar-refractivity contribution is -0.218. The number of rotatable bonds is 7. The molecule has 5 aliphatic rings. The topological polar surface area (TPSA) is 85.4 Å². The van der Waals surface area contributed by atoms with Crippen LogP contribution in [0.4, 0.5) is 0 Å². The summed E-state index contributed by atoms with van der Waals surface area (Å²) in [6, 6.07) is 13.5. The van der Waals surface area contributed by atoms with Gasteiger partial charge < -0.3 is 4.74 Å². The summed E-state index contributed by atoms with van der Waals surface area (Å²) < 4.78 is 36.1. The molecule has 6 nitrogen and oxygen atoms in total. The van der Waals surface area contributed by atoms with Crippen LogP contribution in [0.15, 0.2) is 66.9 Å². The molecule has 7 heteroatoms. The van der Waals surface area contributed by atoms with Gasteiger partial charge in [-0.05, 0) is 151 Å². The van der Waals surface area contributed by atoms with E-state index in [0.29, 0.717) is 34.9 Å². The lowest BCUT2D eigenvalue weighted by Crippen LogP contribution is -2.68. The van der Waals surface area contributed by atoms with Crippen molar-refractivity contribution >= 4 is 21.6 Å². The Morgan fingerprint density at radius 3 is 2.32 bits per heavy atom. The van der Waals surface area contributed by atoms with Crippen molar-refractivity contribution in [1.29, 1.82) is 0 Å². The molecule has 0 radical (unpaired) electrons. The highest BCUT2D eigenvalue weighted by Gasteiger charge is 2.70. The van der Waals surface area contributed by atoms with Crippen molar-refractivity contribution in [1.82, 2.24) is 9.71 Å². The molecule has 0 amide bonds. The molecular formula is C43H58N2O4S. The summed E-state index contributed by atoms with van der Waals surface area (Å²) in [4.78, 5) is 16.5. The molecule has 0 spiro atoms. The molecule has 4 fully saturated rings. The number of esters is 1. The van der Waals surface area contributed by atoms with Gasteiger partial charge in [-0.15, -0.1) is 0 Å². The Kier molecular flexibility index (Phi) is 8.66. The molecule has 1 aromatic carbocycles. The van der Waals surface area contributed by atoms with Crippen molar-refractivity contribution in [3.8, 4) is 0 Å². The number of allylic oxidation sites excluding steroid dienone is 3. The second kappa shape index (κ2) is 12.1. The number of carbonyl (C=O) groups excluding carboxylic acids is 1. The van der Waals surface area contributed by atoms with Crippen LogP contribution in [0.2, 0.25) is 0 Å². The zero-order valence-electron chi connectivity index (χ0n) is 31.3. The first-order chi connectivity index (χ1) is 23.5. The minimum atomic E-state index is -3.59. The largest absolute Gasteiger partial charge is 0.465 e. The number of carbonyl (C=O) groups is 1. The molecule has 1 unspecified atom stereocenters. The minimum absolute atomic E-state index is 0.0109. The maximum absolute atomic E-state index is 13.9. The summed E-state index contributed by atoms with van der Waals surface area (Å²) in [5.74, 6) is 1.77. The van der Waals surface area contributed by atoms with Crippen LogP contribution < -0.4 is 4.72 Å². The van der Waals surface area contributed by atoms with Crippen molar-refractivity contribution in [2.45, 2.75) is 111 Å². The smallest absolute Gasteiger partial charge is 0.337 e. The summed E-state index contributed by atoms with van der Waals surface area (Å²) >= 11 is 0. The van der Waals surface area contributed by atoms with Crippen LogP contribution in [0.3, 0.4) is 0 Å². The van der Waals surface area contributed by atoms with Gasteiger partial charge in [0.2, 0.25) is 10.0 Å². The van der Waals surface area contributed by atoms with E-state index in [1.54, 1.807) is 6.20 Å². The van der Waals surface area contributed by atoms with Gasteiger partial charge in [-0.25, -0.2) is 17.9 Å². The summed E-state index contributed by atoms with van der Waals surface area (Å²) in [7, 11) is -2.16. The van der Waals surface area contributed by atoms with Crippen LogP contribution in [-0.2, 0) is 20.5 Å². The molecule has 4 saturated carbocycles. The van der Waals surface area contributed by atoms with E-state index in [-0.39, 0.29) is 39.3 Å². The third kappa shape index (κ3) is 5.30. The third-order valence-electron chi connectivity index (χ3n) is 15.7. The lowest BCUT2D eigenvalue weighted by Gasteiger charge is -2.72. The van der Waals surface area contributed by atoms with Gasteiger partial charge in [-0.2, -0.15) is 0 Å². The van der Waals surface area contributed by atoms with Crippen LogP contribution >= 0.6 is 0 Å². The van der Waals surface area contributed by atoms with Crippen molar-refractivity contribution in [2.24, 2.45) is 51.2 Å². The van der Waals surface area contributed by atoms with E-state index in [1.165, 1.54) is 43.1 Å². The number of sulfonamides is 1. The van der Waals surface area contributed by atoms with Gasteiger partial charge >= 0.3 is 5.97 Å². The van der Waals surface area contributed by atoms with Gasteiger partial charge in [0, 0.05) is 11.7 Å². The van der Waals surface area contributed by atoms with E-state index in [9.17, 15) is 13.2 Å². The standard InChI is InChI=1S/C43H58N2O4S/c1-28(2)32-18-23-43(45-50(47,48)27-31-11-9-10-26-44-31)25-24-41(6)34(37(32)43)16-17-36-40(5)21-19-33(29-12-14-30(15-13-29)38(46)49-8)39(3,4)35(40)20-22-42(36,41)7/h9-15,19,26,32,34-37,45H,1,16-18,20-25,27H2,2-8H3/t32-,34+,35-,36+,37+,40-,41+,42+,43?/m0/s1. The van der Waals surface area contributed by atoms with Crippen molar-refractivity contribution < 1.29 is 17.9 Å². The maximum Gasteiger partial charge on any atom is 0.337 e. The molecule has 50 heavy (non-hydrogen) atoms. The van der Waals surface area contributed by atoms with Crippen LogP contribution in [0.25, 0.3) is 5.57 Å². The van der Waals surface area contributed by atoms with Gasteiger partial charge in [0.25, 0.3) is 0 Å². The number of nitrogens with zero attached hydrogens (tertiary/aromatic N) is 1. The second-order valence-corrected chi connectivity index (χ2v) is 19.9. The van der Waals surface area contributed by atoms with Crippen molar-refractivity contribution in [3.05, 3.63) is 83.7 Å². The number of nitrogens with one attached hydrogen (secondary N) is 1. The number of fused-ring (bicyclic) bond motifs is 7. The molecule has 1 heterocycles. The predicted octanol–water partition coefficient (Wildman–Crippen LogP) is 9.39. The van der Waals surface area contributed by atoms with Gasteiger partial charge in [0.1, 0.15) is 5.75 Å². The quantitative estimate of drug-likeness (QED) is 0.230. The number of benzene rings is 1. The Morgan fingerprint density at radius 2 is 1.66 bits per heavy atom. The highest BCUT2D eigenvalue weighted by Crippen LogP contribution is 2.76. The van der Waals surface area contributed by atoms with Gasteiger partial charge in [-0.3, -0.25) is 4.98 Å². The molecule has 2 aromatic rings. The van der Waals surface area contributed by atoms with Crippen LogP contribution in [-0.4, -0.2) is 32.0 Å². The molecule has 0 saturated heterocycles. The van der Waals surface area contributed by atoms with E-state index >= 15 is 0 Å². The fraction of sp³-hybridized carbons (Fsp3) is 0.628. The first-order valence-electron chi connectivity index (χ1n) is 19.0. The summed E-state index contributed by atoms with van der Waals surface area (Å²) in [5.41, 5.74) is 4.98. The summed E-state index contributed by atoms with van der Waals surface area (Å²) in [6.45, 7) is 19.4. The molecule has 9 atom stereocenters. The Labute approximate surface area is 301 Å². The van der Waals surface area contributed by atoms with Crippen LogP contribution in [0.1, 0.15) is 121 Å². The first-order valence-corrected chi connectivity index (χ1v) is 20.6. The Bertz CT molecular complexity index is 1800. The Morgan fingerprint density at radius 1 is 0.920 bits per heavy atom. The van der Waals surface area contributed by atoms with Crippen LogP contribution in [0.5, 0.6) is 0 Å². The highest BCUT2D eigenvalue weighted by atomic mass is 32.2. The van der Waals surface area contributed by atoms with Crippen molar-refractivity contribution in [2.75, 3.05) is 7.11 Å². The summed E-state index contributed by atoms with van der Waals surface area (Å²) in [5, 5.41) is 0. The third-order valence-corrected chi connectivity index (χ3v) is 17.1. The van der Waals surface area contributed by atoms with E-state index < -0.39 is 15.6 Å². The second-order valence-electron chi connectivity index (χ2n) is 18.1. The lowest BCUT2D eigenvalue weighted by atomic mass is 9.33. The monoisotopic (exact) mass is 698 g/mol. The molecule has 270 valence electrons. The average Bonchev–Trinajstić information content (AvgIpc) is 3.44. The maximum atomic E-state index is 13.9.